The first kappa shape index (κ1) is 39.3. The summed E-state index contributed by atoms with van der Waals surface area (Å²) in [5, 5.41) is 6.83. The Bertz CT molecular complexity index is 2860. The molecular weight excluding hydrogens is 775 g/mol. The zero-order valence-electron chi connectivity index (χ0n) is 37.0. The Balaban J connectivity index is 1.41. The minimum Gasteiger partial charge on any atom is -0.415 e. The van der Waals surface area contributed by atoms with Gasteiger partial charge in [-0.25, -0.2) is 0 Å². The summed E-state index contributed by atoms with van der Waals surface area (Å²) in [6, 6.07) is 23.1. The number of fused-ring (bicyclic) bond motifs is 8. The second-order valence-corrected chi connectivity index (χ2v) is 20.9. The van der Waals surface area contributed by atoms with Crippen molar-refractivity contribution in [2.45, 2.75) is 121 Å². The Kier molecular flexibility index (Phi) is 9.77. The fourth-order valence-electron chi connectivity index (χ4n) is 10.7. The van der Waals surface area contributed by atoms with Gasteiger partial charge in [-0.05, 0) is 223 Å². The van der Waals surface area contributed by atoms with Crippen LogP contribution in [0.4, 0.5) is 0 Å². The van der Waals surface area contributed by atoms with Crippen LogP contribution in [0, 0.1) is 69.2 Å². The minimum absolute atomic E-state index is 0.926. The number of benzene rings is 6. The van der Waals surface area contributed by atoms with E-state index in [0.717, 1.165) is 105 Å². The summed E-state index contributed by atoms with van der Waals surface area (Å²) in [5.74, 6) is 0. The first-order valence-corrected chi connectivity index (χ1v) is 24.3. The zero-order chi connectivity index (χ0) is 41.7. The highest BCUT2D eigenvalue weighted by molar-refractivity contribution is 7.47. The summed E-state index contributed by atoms with van der Waals surface area (Å²) in [5.41, 5.74) is 24.0. The van der Waals surface area contributed by atoms with Crippen LogP contribution in [-0.4, -0.2) is 0 Å². The van der Waals surface area contributed by atoms with Crippen molar-refractivity contribution in [1.29, 1.82) is 0 Å². The highest BCUT2D eigenvalue weighted by Gasteiger charge is 2.32. The first-order valence-electron chi connectivity index (χ1n) is 21.9. The van der Waals surface area contributed by atoms with Crippen LogP contribution in [0.2, 0.25) is 0 Å². The number of hydrogen-bond donors (Lipinski definition) is 0. The number of rotatable bonds is 3. The van der Waals surface area contributed by atoms with E-state index in [1.54, 1.807) is 0 Å². The second-order valence-electron chi connectivity index (χ2n) is 18.2. The zero-order valence-corrected chi connectivity index (χ0v) is 38.7. The third kappa shape index (κ3) is 6.49. The van der Waals surface area contributed by atoms with Gasteiger partial charge in [0.25, 0.3) is 16.0 Å². The molecule has 0 N–H and O–H groups in total. The standard InChI is InChI=1S/C54H56O4P2/c1-29-19-33(5)49-43(23-29)44-24-30(2)20-34(6)50(44)56-59(55-49)53-37(9)27-39-15-11-13-17-41(39)47(53)48-42-18-14-12-16-40(42)28-38(10)54(48)60-57-51-35(7)21-31(3)25-45(51)46-26-32(4)22-36(8)52(46)58-60/h19-28H,11-18H2,1-10H3. The monoisotopic (exact) mass is 830 g/mol. The van der Waals surface area contributed by atoms with E-state index in [1.165, 1.54) is 90.2 Å². The molecular formula is C54H56O4P2. The molecule has 0 unspecified atom stereocenters. The van der Waals surface area contributed by atoms with Gasteiger partial charge in [-0.2, -0.15) is 0 Å². The van der Waals surface area contributed by atoms with Crippen molar-refractivity contribution in [3.8, 4) is 21.7 Å². The third-order valence-corrected chi connectivity index (χ3v) is 16.5. The number of hydrogen-bond acceptors (Lipinski definition) is 4. The average Bonchev–Trinajstić information content (AvgIpc) is 3.46. The van der Waals surface area contributed by atoms with E-state index >= 15 is 0 Å². The van der Waals surface area contributed by atoms with Gasteiger partial charge in [-0.3, -0.25) is 0 Å². The van der Waals surface area contributed by atoms with Crippen molar-refractivity contribution in [2.24, 2.45) is 0 Å². The van der Waals surface area contributed by atoms with Gasteiger partial charge < -0.3 is 16.8 Å². The molecule has 8 aromatic rings. The molecule has 0 amide bonds. The molecule has 0 saturated carbocycles. The molecule has 0 saturated heterocycles. The van der Waals surface area contributed by atoms with E-state index in [-0.39, 0.29) is 0 Å². The molecule has 6 aromatic carbocycles. The summed E-state index contributed by atoms with van der Waals surface area (Å²) in [7, 11) is -3.27. The summed E-state index contributed by atoms with van der Waals surface area (Å²) in [4.78, 5) is 0. The summed E-state index contributed by atoms with van der Waals surface area (Å²) >= 11 is 0. The highest BCUT2D eigenvalue weighted by atomic mass is 31.1. The van der Waals surface area contributed by atoms with Gasteiger partial charge in [0.05, 0.1) is 10.6 Å². The third-order valence-electron chi connectivity index (χ3n) is 13.2. The molecule has 0 atom stereocenters. The van der Waals surface area contributed by atoms with Gasteiger partial charge >= 0.3 is 0 Å². The number of aryl methyl sites for hydroxylation is 12. The quantitative estimate of drug-likeness (QED) is 0.178. The van der Waals surface area contributed by atoms with Crippen molar-refractivity contribution in [3.05, 3.63) is 139 Å². The molecule has 0 radical (unpaired) electrons. The fraction of sp³-hybridized carbons (Fsp3) is 0.333. The van der Waals surface area contributed by atoms with Crippen LogP contribution in [-0.2, 0) is 25.7 Å². The van der Waals surface area contributed by atoms with Crippen LogP contribution in [0.15, 0.2) is 77.5 Å². The normalized spacial score (nSPS) is 14.0. The van der Waals surface area contributed by atoms with Crippen LogP contribution in [0.5, 0.6) is 0 Å². The van der Waals surface area contributed by atoms with Crippen molar-refractivity contribution in [1.82, 2.24) is 0 Å². The molecule has 2 aromatic heterocycles. The lowest BCUT2D eigenvalue weighted by Crippen LogP contribution is -2.11. The average molecular weight is 831 g/mol. The fourth-order valence-corrected chi connectivity index (χ4v) is 14.4. The molecule has 0 fully saturated rings. The summed E-state index contributed by atoms with van der Waals surface area (Å²) < 4.78 is 29.8. The Morgan fingerprint density at radius 3 is 0.917 bits per heavy atom. The van der Waals surface area contributed by atoms with Crippen LogP contribution >= 0.6 is 16.0 Å². The molecule has 2 heterocycles. The Labute approximate surface area is 356 Å². The Morgan fingerprint density at radius 1 is 0.333 bits per heavy atom. The van der Waals surface area contributed by atoms with Gasteiger partial charge in [0, 0.05) is 32.7 Å². The van der Waals surface area contributed by atoms with Crippen molar-refractivity contribution < 1.29 is 16.8 Å². The largest absolute Gasteiger partial charge is 0.415 e. The Hall–Kier alpha value is -4.88. The van der Waals surface area contributed by atoms with Crippen molar-refractivity contribution in [2.75, 3.05) is 0 Å². The smallest absolute Gasteiger partial charge is 0.253 e. The van der Waals surface area contributed by atoms with E-state index in [4.69, 9.17) is 16.8 Å². The lowest BCUT2D eigenvalue weighted by Gasteiger charge is -2.29. The molecule has 2 aliphatic rings. The lowest BCUT2D eigenvalue weighted by molar-refractivity contribution is 0.645. The topological polar surface area (TPSA) is 52.6 Å². The maximum atomic E-state index is 7.45. The van der Waals surface area contributed by atoms with E-state index in [0.29, 0.717) is 0 Å². The van der Waals surface area contributed by atoms with Gasteiger partial charge in [0.2, 0.25) is 0 Å². The minimum atomic E-state index is -1.63. The maximum absolute atomic E-state index is 7.45. The van der Waals surface area contributed by atoms with Crippen LogP contribution in [0.1, 0.15) is 104 Å². The van der Waals surface area contributed by atoms with E-state index in [9.17, 15) is 0 Å². The van der Waals surface area contributed by atoms with Gasteiger partial charge in [-0.15, -0.1) is 0 Å². The molecule has 4 nitrogen and oxygen atoms in total. The second kappa shape index (κ2) is 14.9. The molecule has 10 rings (SSSR count). The van der Waals surface area contributed by atoms with Crippen LogP contribution < -0.4 is 0 Å². The first-order chi connectivity index (χ1) is 28.8. The van der Waals surface area contributed by atoms with Crippen molar-refractivity contribution >= 4 is 59.9 Å². The molecule has 0 bridgehead atoms. The van der Waals surface area contributed by atoms with E-state index < -0.39 is 16.0 Å². The SMILES string of the molecule is Cc1cc(C)c2op(-c3c(C)cc4c(c3-c3c5c(cc(C)c3-p3oc6c(C)cc(C)cc6c6cc(C)cc(C)c6o3)CCCC5)CCCC4)oc3c(C)cc(C)cc3c2c1. The van der Waals surface area contributed by atoms with Gasteiger partial charge in [0.1, 0.15) is 22.3 Å². The van der Waals surface area contributed by atoms with Gasteiger partial charge in [0.15, 0.2) is 0 Å². The predicted octanol–water partition coefficient (Wildman–Crippen LogP) is 17.4. The molecule has 2 aliphatic carbocycles. The summed E-state index contributed by atoms with van der Waals surface area (Å²) in [6.45, 7) is 22.1. The molecule has 6 heteroatoms. The highest BCUT2D eigenvalue weighted by Crippen LogP contribution is 2.59. The van der Waals surface area contributed by atoms with Gasteiger partial charge in [-0.1, -0.05) is 36.4 Å². The van der Waals surface area contributed by atoms with Crippen LogP contribution in [0.25, 0.3) is 65.6 Å². The molecule has 0 spiro atoms. The predicted molar refractivity (Wildman–Crippen MR) is 255 cm³/mol. The Morgan fingerprint density at radius 2 is 0.617 bits per heavy atom. The molecule has 60 heavy (non-hydrogen) atoms. The van der Waals surface area contributed by atoms with E-state index in [1.807, 2.05) is 0 Å². The van der Waals surface area contributed by atoms with Crippen molar-refractivity contribution in [3.63, 3.8) is 0 Å². The maximum Gasteiger partial charge on any atom is 0.253 e. The van der Waals surface area contributed by atoms with E-state index in [2.05, 4.69) is 130 Å². The van der Waals surface area contributed by atoms with Crippen LogP contribution in [0.3, 0.4) is 0 Å². The lowest BCUT2D eigenvalue weighted by atomic mass is 9.79. The molecule has 0 aliphatic heterocycles. The summed E-state index contributed by atoms with van der Waals surface area (Å²) in [6.07, 6.45) is 8.93. The molecule has 306 valence electrons.